The molecular weight excluding hydrogens is 218 g/mol. The van der Waals surface area contributed by atoms with Crippen molar-refractivity contribution in [3.05, 3.63) is 0 Å². The fourth-order valence-corrected chi connectivity index (χ4v) is 2.45. The quantitative estimate of drug-likeness (QED) is 0.811. The minimum Gasteiger partial charge on any atom is -0.381 e. The van der Waals surface area contributed by atoms with Crippen molar-refractivity contribution < 1.29 is 14.3 Å². The summed E-state index contributed by atoms with van der Waals surface area (Å²) in [6.45, 7) is 5.95. The molecule has 0 aromatic heterocycles. The van der Waals surface area contributed by atoms with E-state index in [2.05, 4.69) is 12.2 Å². The van der Waals surface area contributed by atoms with Gasteiger partial charge in [0, 0.05) is 33.0 Å². The van der Waals surface area contributed by atoms with Crippen LogP contribution < -0.4 is 5.32 Å². The predicted molar refractivity (Wildman–Crippen MR) is 64.7 cm³/mol. The van der Waals surface area contributed by atoms with E-state index in [1.807, 2.05) is 0 Å². The van der Waals surface area contributed by atoms with Gasteiger partial charge in [-0.05, 0) is 31.6 Å². The lowest BCUT2D eigenvalue weighted by Gasteiger charge is -2.33. The summed E-state index contributed by atoms with van der Waals surface area (Å²) in [7, 11) is 0. The second-order valence-corrected chi connectivity index (χ2v) is 5.44. The molecule has 2 fully saturated rings. The summed E-state index contributed by atoms with van der Waals surface area (Å²) in [6, 6.07) is 0. The van der Waals surface area contributed by atoms with Gasteiger partial charge in [-0.3, -0.25) is 4.79 Å². The second kappa shape index (κ2) is 5.83. The van der Waals surface area contributed by atoms with Crippen LogP contribution in [0.5, 0.6) is 0 Å². The molecular formula is C13H23NO3. The molecule has 1 amide bonds. The Balaban J connectivity index is 1.75. The lowest BCUT2D eigenvalue weighted by atomic mass is 9.81. The van der Waals surface area contributed by atoms with E-state index in [0.717, 1.165) is 45.4 Å². The van der Waals surface area contributed by atoms with E-state index in [1.165, 1.54) is 0 Å². The summed E-state index contributed by atoms with van der Waals surface area (Å²) in [5, 5.41) is 3.11. The summed E-state index contributed by atoms with van der Waals surface area (Å²) in [6.07, 6.45) is 3.82. The smallest absolute Gasteiger partial charge is 0.226 e. The average molecular weight is 241 g/mol. The molecule has 1 N–H and O–H groups in total. The molecule has 0 aromatic rings. The first-order chi connectivity index (χ1) is 8.21. The molecule has 0 aliphatic carbocycles. The zero-order valence-corrected chi connectivity index (χ0v) is 10.7. The first-order valence-electron chi connectivity index (χ1n) is 6.64. The van der Waals surface area contributed by atoms with Crippen LogP contribution in [0.2, 0.25) is 0 Å². The summed E-state index contributed by atoms with van der Waals surface area (Å²) in [4.78, 5) is 12.2. The molecule has 2 aliphatic heterocycles. The van der Waals surface area contributed by atoms with E-state index in [9.17, 15) is 4.79 Å². The highest BCUT2D eigenvalue weighted by molar-refractivity contribution is 5.82. The topological polar surface area (TPSA) is 47.6 Å². The fraction of sp³-hybridized carbons (Fsp3) is 0.923. The van der Waals surface area contributed by atoms with Crippen LogP contribution in [0.1, 0.15) is 32.6 Å². The van der Waals surface area contributed by atoms with Gasteiger partial charge in [-0.1, -0.05) is 6.92 Å². The molecule has 2 aliphatic rings. The van der Waals surface area contributed by atoms with Crippen LogP contribution in [0.3, 0.4) is 0 Å². The molecule has 2 heterocycles. The Labute approximate surface area is 103 Å². The van der Waals surface area contributed by atoms with Gasteiger partial charge in [-0.2, -0.15) is 0 Å². The number of carbonyl (C=O) groups excluding carboxylic acids is 1. The minimum absolute atomic E-state index is 0.201. The molecule has 0 spiro atoms. The zero-order valence-electron chi connectivity index (χ0n) is 10.7. The summed E-state index contributed by atoms with van der Waals surface area (Å²) in [5.74, 6) is 0.795. The number of carbonyl (C=O) groups is 1. The molecule has 0 aromatic carbocycles. The van der Waals surface area contributed by atoms with Gasteiger partial charge >= 0.3 is 0 Å². The molecule has 0 saturated carbocycles. The first-order valence-corrected chi connectivity index (χ1v) is 6.64. The zero-order chi connectivity index (χ0) is 12.1. The van der Waals surface area contributed by atoms with Crippen molar-refractivity contribution in [2.75, 3.05) is 33.0 Å². The van der Waals surface area contributed by atoms with E-state index in [-0.39, 0.29) is 11.3 Å². The molecule has 2 rings (SSSR count). The molecule has 4 nitrogen and oxygen atoms in total. The summed E-state index contributed by atoms with van der Waals surface area (Å²) >= 11 is 0. The predicted octanol–water partition coefficient (Wildman–Crippen LogP) is 1.35. The standard InChI is InChI=1S/C13H23NO3/c1-13(4-8-17-9-5-13)12(15)14-10-11-2-6-16-7-3-11/h11H,2-10H2,1H3,(H,14,15). The van der Waals surface area contributed by atoms with Crippen LogP contribution in [0.4, 0.5) is 0 Å². The number of hydrogen-bond acceptors (Lipinski definition) is 3. The normalized spacial score (nSPS) is 25.5. The van der Waals surface area contributed by atoms with Gasteiger partial charge in [0.05, 0.1) is 5.41 Å². The molecule has 98 valence electrons. The molecule has 0 atom stereocenters. The lowest BCUT2D eigenvalue weighted by Crippen LogP contribution is -2.44. The highest BCUT2D eigenvalue weighted by atomic mass is 16.5. The van der Waals surface area contributed by atoms with Gasteiger partial charge in [0.25, 0.3) is 0 Å². The van der Waals surface area contributed by atoms with E-state index >= 15 is 0 Å². The van der Waals surface area contributed by atoms with E-state index in [0.29, 0.717) is 19.1 Å². The van der Waals surface area contributed by atoms with Crippen LogP contribution in [0.15, 0.2) is 0 Å². The van der Waals surface area contributed by atoms with Gasteiger partial charge in [0.2, 0.25) is 5.91 Å². The van der Waals surface area contributed by atoms with Crippen molar-refractivity contribution >= 4 is 5.91 Å². The van der Waals surface area contributed by atoms with Gasteiger partial charge in [0.1, 0.15) is 0 Å². The Bertz CT molecular complexity index is 255. The number of ether oxygens (including phenoxy) is 2. The van der Waals surface area contributed by atoms with Gasteiger partial charge in [0.15, 0.2) is 0 Å². The lowest BCUT2D eigenvalue weighted by molar-refractivity contribution is -0.135. The first kappa shape index (κ1) is 12.8. The minimum atomic E-state index is -0.219. The van der Waals surface area contributed by atoms with Crippen molar-refractivity contribution in [1.82, 2.24) is 5.32 Å². The van der Waals surface area contributed by atoms with Gasteiger partial charge in [-0.15, -0.1) is 0 Å². The molecule has 4 heteroatoms. The summed E-state index contributed by atoms with van der Waals surface area (Å²) < 4.78 is 10.6. The Morgan fingerprint density at radius 2 is 1.76 bits per heavy atom. The maximum atomic E-state index is 12.2. The largest absolute Gasteiger partial charge is 0.381 e. The highest BCUT2D eigenvalue weighted by Crippen LogP contribution is 2.29. The highest BCUT2D eigenvalue weighted by Gasteiger charge is 2.35. The van der Waals surface area contributed by atoms with Crippen LogP contribution in [0, 0.1) is 11.3 Å². The maximum absolute atomic E-state index is 12.2. The Hall–Kier alpha value is -0.610. The number of nitrogens with one attached hydrogen (secondary N) is 1. The van der Waals surface area contributed by atoms with E-state index < -0.39 is 0 Å². The maximum Gasteiger partial charge on any atom is 0.226 e. The monoisotopic (exact) mass is 241 g/mol. The van der Waals surface area contributed by atoms with Gasteiger partial charge in [-0.25, -0.2) is 0 Å². The van der Waals surface area contributed by atoms with Crippen molar-refractivity contribution in [3.63, 3.8) is 0 Å². The van der Waals surface area contributed by atoms with E-state index in [4.69, 9.17) is 9.47 Å². The molecule has 0 unspecified atom stereocenters. The number of amides is 1. The van der Waals surface area contributed by atoms with Crippen LogP contribution >= 0.6 is 0 Å². The molecule has 2 saturated heterocycles. The van der Waals surface area contributed by atoms with Crippen LogP contribution in [-0.4, -0.2) is 38.9 Å². The van der Waals surface area contributed by atoms with E-state index in [1.54, 1.807) is 0 Å². The third-order valence-corrected chi connectivity index (χ3v) is 4.04. The third kappa shape index (κ3) is 3.42. The van der Waals surface area contributed by atoms with Crippen molar-refractivity contribution in [3.8, 4) is 0 Å². The second-order valence-electron chi connectivity index (χ2n) is 5.44. The van der Waals surface area contributed by atoms with Crippen molar-refractivity contribution in [1.29, 1.82) is 0 Å². The van der Waals surface area contributed by atoms with Crippen molar-refractivity contribution in [2.45, 2.75) is 32.6 Å². The SMILES string of the molecule is CC1(C(=O)NCC2CCOCC2)CCOCC1. The molecule has 0 bridgehead atoms. The Morgan fingerprint density at radius 3 is 2.41 bits per heavy atom. The third-order valence-electron chi connectivity index (χ3n) is 4.04. The molecule has 0 radical (unpaired) electrons. The average Bonchev–Trinajstić information content (AvgIpc) is 2.38. The van der Waals surface area contributed by atoms with Gasteiger partial charge < -0.3 is 14.8 Å². The Kier molecular flexibility index (Phi) is 4.40. The van der Waals surface area contributed by atoms with Crippen LogP contribution in [0.25, 0.3) is 0 Å². The Morgan fingerprint density at radius 1 is 1.18 bits per heavy atom. The van der Waals surface area contributed by atoms with Crippen molar-refractivity contribution in [2.24, 2.45) is 11.3 Å². The van der Waals surface area contributed by atoms with Crippen LogP contribution in [-0.2, 0) is 14.3 Å². The molecule has 17 heavy (non-hydrogen) atoms. The fourth-order valence-electron chi connectivity index (χ4n) is 2.45. The number of rotatable bonds is 3. The number of hydrogen-bond donors (Lipinski definition) is 1. The summed E-state index contributed by atoms with van der Waals surface area (Å²) in [5.41, 5.74) is -0.219.